The molecule has 0 bridgehead atoms. The van der Waals surface area contributed by atoms with Gasteiger partial charge in [0.15, 0.2) is 8.32 Å². The van der Waals surface area contributed by atoms with E-state index in [1.54, 1.807) is 6.55 Å². The van der Waals surface area contributed by atoms with Crippen molar-refractivity contribution in [3.8, 4) is 0 Å². The SMILES string of the molecule is C[Si](C)(C)O[Si](C)(C)O[Si](C)(C)O[Si](C)(C)O[Si](C)(Cl)O[Si](Cl)(Cl)Cl. The quantitative estimate of drug-likeness (QED) is 0.252. The summed E-state index contributed by atoms with van der Waals surface area (Å²) in [5, 5.41) is 0. The predicted molar refractivity (Wildman–Crippen MR) is 122 cm³/mol. The summed E-state index contributed by atoms with van der Waals surface area (Å²) in [6.07, 6.45) is -3.36. The van der Waals surface area contributed by atoms with E-state index in [1.165, 1.54) is 0 Å². The van der Waals surface area contributed by atoms with Crippen LogP contribution in [0.2, 0.25) is 65.5 Å². The lowest BCUT2D eigenvalue weighted by molar-refractivity contribution is 0.289. The Morgan fingerprint density at radius 1 is 0.440 bits per heavy atom. The lowest BCUT2D eigenvalue weighted by Gasteiger charge is -2.41. The summed E-state index contributed by atoms with van der Waals surface area (Å²) in [6.45, 7) is 19.9. The van der Waals surface area contributed by atoms with Gasteiger partial charge in [0, 0.05) is 0 Å². The maximum atomic E-state index is 6.35. The molecule has 0 radical (unpaired) electrons. The number of rotatable bonds is 10. The smallest absolute Gasteiger partial charge is 0.437 e. The maximum Gasteiger partial charge on any atom is 0.485 e. The molecule has 0 N–H and O–H groups in total. The van der Waals surface area contributed by atoms with Gasteiger partial charge in [0.2, 0.25) is 0 Å². The second-order valence-electron chi connectivity index (χ2n) is 8.10. The average Bonchev–Trinajstić information content (AvgIpc) is 1.97. The molecule has 0 saturated carbocycles. The Balaban J connectivity index is 5.01. The average molecular weight is 541 g/mol. The second kappa shape index (κ2) is 8.95. The summed E-state index contributed by atoms with van der Waals surface area (Å²) < 4.78 is 30.2. The van der Waals surface area contributed by atoms with Gasteiger partial charge in [-0.1, -0.05) is 33.2 Å². The topological polar surface area (TPSA) is 46.2 Å². The van der Waals surface area contributed by atoms with Crippen molar-refractivity contribution >= 4 is 92.4 Å². The third-order valence-electron chi connectivity index (χ3n) is 2.26. The Hall–Kier alpha value is 2.26. The van der Waals surface area contributed by atoms with Gasteiger partial charge in [0.05, 0.1) is 0 Å². The van der Waals surface area contributed by atoms with E-state index in [0.717, 1.165) is 0 Å². The van der Waals surface area contributed by atoms with Gasteiger partial charge < -0.3 is 20.6 Å². The highest BCUT2D eigenvalue weighted by molar-refractivity contribution is 7.63. The largest absolute Gasteiger partial charge is 0.485 e. The zero-order valence-corrected chi connectivity index (χ0v) is 25.6. The first-order chi connectivity index (χ1) is 10.5. The van der Waals surface area contributed by atoms with Gasteiger partial charge in [-0.2, -0.15) is 0 Å². The molecule has 0 heterocycles. The minimum Gasteiger partial charge on any atom is -0.437 e. The minimum atomic E-state index is -3.36. The van der Waals surface area contributed by atoms with Crippen molar-refractivity contribution in [2.24, 2.45) is 0 Å². The second-order valence-corrected chi connectivity index (χ2v) is 36.0. The molecule has 1 atom stereocenters. The van der Waals surface area contributed by atoms with E-state index in [9.17, 15) is 0 Å². The van der Waals surface area contributed by atoms with Gasteiger partial charge in [-0.25, -0.2) is 0 Å². The van der Waals surface area contributed by atoms with Gasteiger partial charge >= 0.3 is 39.8 Å². The molecule has 0 rings (SSSR count). The van der Waals surface area contributed by atoms with E-state index in [0.29, 0.717) is 0 Å². The van der Waals surface area contributed by atoms with E-state index in [-0.39, 0.29) is 0 Å². The molecule has 0 aliphatic carbocycles. The van der Waals surface area contributed by atoms with Gasteiger partial charge in [0.25, 0.3) is 0 Å². The molecule has 0 aliphatic heterocycles. The molecule has 5 nitrogen and oxygen atoms in total. The van der Waals surface area contributed by atoms with E-state index in [1.807, 2.05) is 39.3 Å². The summed E-state index contributed by atoms with van der Waals surface area (Å²) in [6, 6.07) is 0. The van der Waals surface area contributed by atoms with Crippen LogP contribution in [0.3, 0.4) is 0 Å². The molecule has 0 spiro atoms. The summed E-state index contributed by atoms with van der Waals surface area (Å²) >= 11 is 23.7. The Morgan fingerprint density at radius 3 is 1.08 bits per heavy atom. The van der Waals surface area contributed by atoms with Crippen molar-refractivity contribution < 1.29 is 20.6 Å². The molecule has 0 aromatic heterocycles. The zero-order valence-electron chi connectivity index (χ0n) is 16.6. The Kier molecular flexibility index (Phi) is 9.76. The van der Waals surface area contributed by atoms with Gasteiger partial charge in [-0.05, 0) is 65.5 Å². The van der Waals surface area contributed by atoms with E-state index in [2.05, 4.69) is 19.6 Å². The molecule has 25 heavy (non-hydrogen) atoms. The Morgan fingerprint density at radius 2 is 0.760 bits per heavy atom. The minimum absolute atomic E-state index is 1.63. The predicted octanol–water partition coefficient (Wildman–Crippen LogP) is 5.97. The van der Waals surface area contributed by atoms with Gasteiger partial charge in [-0.3, -0.25) is 0 Å². The molecule has 0 aromatic carbocycles. The lowest BCUT2D eigenvalue weighted by Crippen LogP contribution is -2.58. The van der Waals surface area contributed by atoms with Gasteiger partial charge in [-0.15, -0.1) is 11.1 Å². The van der Waals surface area contributed by atoms with Gasteiger partial charge in [0.1, 0.15) is 0 Å². The van der Waals surface area contributed by atoms with Crippen molar-refractivity contribution in [2.45, 2.75) is 65.5 Å². The van der Waals surface area contributed by atoms with E-state index >= 15 is 0 Å². The molecule has 15 heteroatoms. The number of hydrogen-bond acceptors (Lipinski definition) is 5. The highest BCUT2D eigenvalue weighted by atomic mass is 35.8. The van der Waals surface area contributed by atoms with Crippen LogP contribution in [-0.2, 0) is 20.6 Å². The number of hydrogen-bond donors (Lipinski definition) is 0. The van der Waals surface area contributed by atoms with Crippen molar-refractivity contribution in [3.63, 3.8) is 0 Å². The van der Waals surface area contributed by atoms with E-state index in [4.69, 9.17) is 64.9 Å². The first kappa shape index (κ1) is 27.3. The zero-order chi connectivity index (χ0) is 20.5. The maximum absolute atomic E-state index is 6.35. The molecule has 0 fully saturated rings. The van der Waals surface area contributed by atoms with Crippen molar-refractivity contribution in [1.29, 1.82) is 0 Å². The number of halogens is 4. The molecular formula is C10H30Cl4O5Si6. The van der Waals surface area contributed by atoms with Crippen LogP contribution in [0.5, 0.6) is 0 Å². The first-order valence-electron chi connectivity index (χ1n) is 7.80. The van der Waals surface area contributed by atoms with Crippen LogP contribution in [0.4, 0.5) is 0 Å². The van der Waals surface area contributed by atoms with Crippen LogP contribution in [-0.4, -0.2) is 48.1 Å². The highest BCUT2D eigenvalue weighted by Crippen LogP contribution is 2.32. The highest BCUT2D eigenvalue weighted by Gasteiger charge is 2.49. The molecule has 0 aliphatic rings. The van der Waals surface area contributed by atoms with Crippen molar-refractivity contribution in [2.75, 3.05) is 0 Å². The van der Waals surface area contributed by atoms with Crippen LogP contribution in [0, 0.1) is 0 Å². The van der Waals surface area contributed by atoms with E-state index < -0.39 is 48.1 Å². The summed E-state index contributed by atoms with van der Waals surface area (Å²) in [7, 11) is -12.3. The normalized spacial score (nSPS) is 17.5. The third-order valence-corrected chi connectivity index (χ3v) is 23.8. The third kappa shape index (κ3) is 14.9. The van der Waals surface area contributed by atoms with Crippen LogP contribution in [0.25, 0.3) is 0 Å². The monoisotopic (exact) mass is 538 g/mol. The standard InChI is InChI=1S/C10H30Cl4O5Si6/c1-20(2,3)15-21(4,5)16-22(6,7)17-23(8,9)18-24(10,11)19-25(12,13)14/h1-10H3. The summed E-state index contributed by atoms with van der Waals surface area (Å²) in [5.41, 5.74) is 0. The fourth-order valence-electron chi connectivity index (χ4n) is 2.65. The van der Waals surface area contributed by atoms with Crippen molar-refractivity contribution in [3.05, 3.63) is 0 Å². The fraction of sp³-hybridized carbons (Fsp3) is 1.00. The van der Waals surface area contributed by atoms with Crippen LogP contribution >= 0.6 is 44.3 Å². The van der Waals surface area contributed by atoms with Crippen LogP contribution in [0.1, 0.15) is 0 Å². The lowest BCUT2D eigenvalue weighted by atomic mass is 11.8. The van der Waals surface area contributed by atoms with Crippen LogP contribution in [0.15, 0.2) is 0 Å². The molecule has 1 unspecified atom stereocenters. The Labute approximate surface area is 177 Å². The van der Waals surface area contributed by atoms with Crippen LogP contribution < -0.4 is 0 Å². The summed E-state index contributed by atoms with van der Waals surface area (Å²) in [5.74, 6) is 0. The van der Waals surface area contributed by atoms with Crippen molar-refractivity contribution in [1.82, 2.24) is 0 Å². The summed E-state index contributed by atoms with van der Waals surface area (Å²) in [4.78, 5) is 0. The molecular weight excluding hydrogens is 510 g/mol. The molecule has 0 aromatic rings. The fourth-order valence-corrected chi connectivity index (χ4v) is 33.1. The first-order valence-corrected chi connectivity index (χ1v) is 27.9. The Bertz CT molecular complexity index is 412. The molecule has 0 saturated heterocycles. The molecule has 0 amide bonds. The molecule has 152 valence electrons.